The summed E-state index contributed by atoms with van der Waals surface area (Å²) >= 11 is 0. The predicted octanol–water partition coefficient (Wildman–Crippen LogP) is 3.57. The van der Waals surface area contributed by atoms with Crippen LogP contribution in [-0.4, -0.2) is 12.5 Å². The van der Waals surface area contributed by atoms with Gasteiger partial charge in [0.25, 0.3) is 0 Å². The van der Waals surface area contributed by atoms with Gasteiger partial charge in [0.2, 0.25) is 5.91 Å². The Labute approximate surface area is 141 Å². The first-order valence-electron chi connectivity index (χ1n) is 7.96. The lowest BCUT2D eigenvalue weighted by molar-refractivity contribution is -0.120. The highest BCUT2D eigenvalue weighted by atomic mass is 19.1. The Morgan fingerprint density at radius 3 is 2.33 bits per heavy atom. The molecule has 0 unspecified atom stereocenters. The second-order valence-corrected chi connectivity index (χ2v) is 6.02. The van der Waals surface area contributed by atoms with E-state index in [4.69, 9.17) is 0 Å². The van der Waals surface area contributed by atoms with Gasteiger partial charge in [0.15, 0.2) is 0 Å². The Balaban J connectivity index is 1.88. The molecule has 0 aliphatic rings. The van der Waals surface area contributed by atoms with Gasteiger partial charge in [-0.05, 0) is 29.7 Å². The molecule has 0 aromatic heterocycles. The van der Waals surface area contributed by atoms with Crippen LogP contribution >= 0.6 is 0 Å². The van der Waals surface area contributed by atoms with Crippen molar-refractivity contribution in [3.05, 3.63) is 71.3 Å². The molecule has 0 spiro atoms. The van der Waals surface area contributed by atoms with E-state index in [2.05, 4.69) is 10.6 Å². The fourth-order valence-corrected chi connectivity index (χ4v) is 2.51. The Kier molecular flexibility index (Phi) is 6.44. The second-order valence-electron chi connectivity index (χ2n) is 6.02. The number of rotatable bonds is 7. The van der Waals surface area contributed by atoms with Gasteiger partial charge in [-0.3, -0.25) is 4.79 Å². The monoisotopic (exact) mass is 332 g/mol. The molecule has 2 aromatic carbocycles. The maximum absolute atomic E-state index is 13.5. The number of hydrogen-bond acceptors (Lipinski definition) is 2. The molecule has 0 saturated heterocycles. The normalized spacial score (nSPS) is 12.2. The van der Waals surface area contributed by atoms with E-state index < -0.39 is 0 Å². The number of amides is 1. The molecule has 0 radical (unpaired) electrons. The third-order valence-electron chi connectivity index (χ3n) is 3.81. The van der Waals surface area contributed by atoms with Crippen LogP contribution in [-0.2, 0) is 11.3 Å². The first-order chi connectivity index (χ1) is 11.5. The smallest absolute Gasteiger partial charge is 0.234 e. The van der Waals surface area contributed by atoms with E-state index in [0.717, 1.165) is 5.56 Å². The molecule has 2 N–H and O–H groups in total. The van der Waals surface area contributed by atoms with E-state index >= 15 is 0 Å². The molecule has 0 bridgehead atoms. The van der Waals surface area contributed by atoms with Gasteiger partial charge in [-0.1, -0.05) is 44.2 Å². The van der Waals surface area contributed by atoms with Gasteiger partial charge in [-0.15, -0.1) is 0 Å². The van der Waals surface area contributed by atoms with Crippen LogP contribution in [0.1, 0.15) is 31.0 Å². The van der Waals surface area contributed by atoms with Crippen LogP contribution in [0.25, 0.3) is 0 Å². The molecular formula is C19H22F2N2O. The van der Waals surface area contributed by atoms with Crippen molar-refractivity contribution < 1.29 is 13.6 Å². The zero-order chi connectivity index (χ0) is 17.5. The van der Waals surface area contributed by atoms with Gasteiger partial charge in [0.05, 0.1) is 6.54 Å². The number of nitrogens with one attached hydrogen (secondary N) is 2. The van der Waals surface area contributed by atoms with Gasteiger partial charge in [-0.2, -0.15) is 0 Å². The molecular weight excluding hydrogens is 310 g/mol. The summed E-state index contributed by atoms with van der Waals surface area (Å²) in [6, 6.07) is 12.5. The van der Waals surface area contributed by atoms with Crippen molar-refractivity contribution in [3.8, 4) is 0 Å². The third kappa shape index (κ3) is 5.13. The first kappa shape index (κ1) is 18.1. The molecule has 1 amide bonds. The average molecular weight is 332 g/mol. The highest BCUT2D eigenvalue weighted by Gasteiger charge is 2.16. The topological polar surface area (TPSA) is 41.1 Å². The lowest BCUT2D eigenvalue weighted by atomic mass is 9.96. The summed E-state index contributed by atoms with van der Waals surface area (Å²) in [7, 11) is 0. The molecule has 0 heterocycles. The fourth-order valence-electron chi connectivity index (χ4n) is 2.51. The summed E-state index contributed by atoms with van der Waals surface area (Å²) < 4.78 is 26.6. The van der Waals surface area contributed by atoms with E-state index in [0.29, 0.717) is 5.56 Å². The van der Waals surface area contributed by atoms with E-state index in [1.165, 1.54) is 18.2 Å². The Bertz CT molecular complexity index is 671. The summed E-state index contributed by atoms with van der Waals surface area (Å²) in [6.07, 6.45) is 0. The van der Waals surface area contributed by atoms with Gasteiger partial charge < -0.3 is 10.6 Å². The van der Waals surface area contributed by atoms with Crippen LogP contribution in [0.5, 0.6) is 0 Å². The van der Waals surface area contributed by atoms with Crippen molar-refractivity contribution in [3.63, 3.8) is 0 Å². The minimum atomic E-state index is -0.336. The number of halogens is 2. The maximum atomic E-state index is 13.5. The fraction of sp³-hybridized carbons (Fsp3) is 0.316. The number of hydrogen-bond donors (Lipinski definition) is 2. The van der Waals surface area contributed by atoms with Crippen molar-refractivity contribution >= 4 is 5.91 Å². The van der Waals surface area contributed by atoms with Gasteiger partial charge in [0, 0.05) is 18.2 Å². The van der Waals surface area contributed by atoms with E-state index in [-0.39, 0.29) is 42.6 Å². The molecule has 0 aliphatic heterocycles. The lowest BCUT2D eigenvalue weighted by Gasteiger charge is -2.22. The molecule has 0 fully saturated rings. The van der Waals surface area contributed by atoms with Crippen LogP contribution in [0.3, 0.4) is 0 Å². The summed E-state index contributed by atoms with van der Waals surface area (Å²) in [6.45, 7) is 4.31. The van der Waals surface area contributed by atoms with E-state index in [1.807, 2.05) is 13.8 Å². The molecule has 2 rings (SSSR count). The summed E-state index contributed by atoms with van der Waals surface area (Å²) in [4.78, 5) is 12.0. The van der Waals surface area contributed by atoms with E-state index in [9.17, 15) is 13.6 Å². The standard InChI is InChI=1S/C19H22F2N2O/c1-13(2)19(14-7-9-16(20)10-8-14)23-12-18(24)22-11-15-5-3-4-6-17(15)21/h3-10,13,19,23H,11-12H2,1-2H3,(H,22,24)/t19-/m0/s1. The lowest BCUT2D eigenvalue weighted by Crippen LogP contribution is -2.37. The molecule has 2 aromatic rings. The Morgan fingerprint density at radius 1 is 1.04 bits per heavy atom. The molecule has 0 aliphatic carbocycles. The maximum Gasteiger partial charge on any atom is 0.234 e. The van der Waals surface area contributed by atoms with Crippen molar-refractivity contribution in [2.75, 3.05) is 6.54 Å². The Morgan fingerprint density at radius 2 is 1.71 bits per heavy atom. The highest BCUT2D eigenvalue weighted by molar-refractivity contribution is 5.78. The molecule has 5 heteroatoms. The molecule has 24 heavy (non-hydrogen) atoms. The average Bonchev–Trinajstić information content (AvgIpc) is 2.55. The minimum absolute atomic E-state index is 0.0650. The second kappa shape index (κ2) is 8.55. The largest absolute Gasteiger partial charge is 0.351 e. The summed E-state index contributed by atoms with van der Waals surface area (Å²) in [5.41, 5.74) is 1.37. The van der Waals surface area contributed by atoms with Crippen LogP contribution in [0.4, 0.5) is 8.78 Å². The Hall–Kier alpha value is -2.27. The zero-order valence-corrected chi connectivity index (χ0v) is 13.9. The van der Waals surface area contributed by atoms with Crippen molar-refractivity contribution in [1.29, 1.82) is 0 Å². The van der Waals surface area contributed by atoms with Gasteiger partial charge >= 0.3 is 0 Å². The summed E-state index contributed by atoms with van der Waals surface area (Å²) in [5, 5.41) is 5.87. The van der Waals surface area contributed by atoms with Crippen molar-refractivity contribution in [1.82, 2.24) is 10.6 Å². The molecule has 3 nitrogen and oxygen atoms in total. The van der Waals surface area contributed by atoms with Crippen LogP contribution in [0, 0.1) is 17.6 Å². The summed E-state index contributed by atoms with van der Waals surface area (Å²) in [5.74, 6) is -0.609. The highest BCUT2D eigenvalue weighted by Crippen LogP contribution is 2.21. The van der Waals surface area contributed by atoms with Crippen LogP contribution in [0.2, 0.25) is 0 Å². The van der Waals surface area contributed by atoms with Crippen molar-refractivity contribution in [2.45, 2.75) is 26.4 Å². The minimum Gasteiger partial charge on any atom is -0.351 e. The predicted molar refractivity (Wildman–Crippen MR) is 90.2 cm³/mol. The van der Waals surface area contributed by atoms with Gasteiger partial charge in [-0.25, -0.2) is 8.78 Å². The molecule has 1 atom stereocenters. The SMILES string of the molecule is CC(C)[C@H](NCC(=O)NCc1ccccc1F)c1ccc(F)cc1. The van der Waals surface area contributed by atoms with Crippen molar-refractivity contribution in [2.24, 2.45) is 5.92 Å². The number of benzene rings is 2. The zero-order valence-electron chi connectivity index (χ0n) is 13.9. The van der Waals surface area contributed by atoms with Gasteiger partial charge in [0.1, 0.15) is 11.6 Å². The molecule has 0 saturated carbocycles. The quantitative estimate of drug-likeness (QED) is 0.814. The third-order valence-corrected chi connectivity index (χ3v) is 3.81. The molecule has 128 valence electrons. The number of carbonyl (C=O) groups excluding carboxylic acids is 1. The number of carbonyl (C=O) groups is 1. The van der Waals surface area contributed by atoms with E-state index in [1.54, 1.807) is 30.3 Å². The van der Waals surface area contributed by atoms with Crippen LogP contribution < -0.4 is 10.6 Å². The van der Waals surface area contributed by atoms with Crippen LogP contribution in [0.15, 0.2) is 48.5 Å². The first-order valence-corrected chi connectivity index (χ1v) is 7.96.